The summed E-state index contributed by atoms with van der Waals surface area (Å²) >= 11 is 3.49. The van der Waals surface area contributed by atoms with Gasteiger partial charge in [0.25, 0.3) is 0 Å². The van der Waals surface area contributed by atoms with E-state index in [4.69, 9.17) is 0 Å². The molecule has 0 radical (unpaired) electrons. The minimum atomic E-state index is 0.315. The van der Waals surface area contributed by atoms with Crippen molar-refractivity contribution in [2.75, 3.05) is 13.1 Å². The molecule has 3 heteroatoms. The van der Waals surface area contributed by atoms with Gasteiger partial charge in [-0.1, -0.05) is 35.0 Å². The van der Waals surface area contributed by atoms with Gasteiger partial charge in [0.1, 0.15) is 0 Å². The fourth-order valence-corrected chi connectivity index (χ4v) is 3.76. The Morgan fingerprint density at radius 2 is 1.95 bits per heavy atom. The summed E-state index contributed by atoms with van der Waals surface area (Å²) in [5, 5.41) is 0. The number of nitrogens with zero attached hydrogens (tertiary/aromatic N) is 1. The number of likely N-dealkylation sites (tertiary alicyclic amines) is 1. The highest BCUT2D eigenvalue weighted by atomic mass is 79.9. The van der Waals surface area contributed by atoms with Crippen LogP contribution in [0.3, 0.4) is 0 Å². The molecule has 19 heavy (non-hydrogen) atoms. The molecule has 1 atom stereocenters. The molecule has 0 N–H and O–H groups in total. The zero-order valence-electron chi connectivity index (χ0n) is 11.4. The van der Waals surface area contributed by atoms with Crippen molar-refractivity contribution in [2.45, 2.75) is 38.5 Å². The Kier molecular flexibility index (Phi) is 3.42. The Morgan fingerprint density at radius 1 is 1.32 bits per heavy atom. The molecule has 2 fully saturated rings. The van der Waals surface area contributed by atoms with Crippen LogP contribution in [-0.4, -0.2) is 23.9 Å². The predicted octanol–water partition coefficient (Wildman–Crippen LogP) is 3.96. The van der Waals surface area contributed by atoms with Crippen molar-refractivity contribution in [3.63, 3.8) is 0 Å². The number of amides is 1. The third-order valence-electron chi connectivity index (χ3n) is 4.88. The third-order valence-corrected chi connectivity index (χ3v) is 5.41. The van der Waals surface area contributed by atoms with Gasteiger partial charge in [0.2, 0.25) is 5.91 Å². The minimum Gasteiger partial charge on any atom is -0.343 e. The van der Waals surface area contributed by atoms with Crippen LogP contribution in [0.25, 0.3) is 0 Å². The lowest BCUT2D eigenvalue weighted by molar-refractivity contribution is -0.132. The van der Waals surface area contributed by atoms with Crippen molar-refractivity contribution in [1.82, 2.24) is 4.90 Å². The molecular weight excluding hydrogens is 302 g/mol. The van der Waals surface area contributed by atoms with Crippen molar-refractivity contribution in [3.8, 4) is 0 Å². The van der Waals surface area contributed by atoms with Gasteiger partial charge < -0.3 is 4.90 Å². The molecule has 1 aliphatic heterocycles. The van der Waals surface area contributed by atoms with E-state index >= 15 is 0 Å². The van der Waals surface area contributed by atoms with Crippen LogP contribution >= 0.6 is 15.9 Å². The van der Waals surface area contributed by atoms with E-state index in [1.165, 1.54) is 24.8 Å². The van der Waals surface area contributed by atoms with Gasteiger partial charge in [0.15, 0.2) is 0 Å². The normalized spacial score (nSPS) is 24.5. The van der Waals surface area contributed by atoms with Crippen molar-refractivity contribution in [1.29, 1.82) is 0 Å². The molecule has 1 unspecified atom stereocenters. The summed E-state index contributed by atoms with van der Waals surface area (Å²) in [6.07, 6.45) is 4.31. The number of rotatable bonds is 2. The molecule has 1 spiro atoms. The number of carbonyl (C=O) groups excluding carboxylic acids is 1. The van der Waals surface area contributed by atoms with Gasteiger partial charge in [-0.05, 0) is 48.3 Å². The first-order valence-corrected chi connectivity index (χ1v) is 7.97. The van der Waals surface area contributed by atoms with E-state index < -0.39 is 0 Å². The molecule has 1 heterocycles. The first-order valence-electron chi connectivity index (χ1n) is 7.18. The molecule has 1 aromatic carbocycles. The van der Waals surface area contributed by atoms with Crippen molar-refractivity contribution >= 4 is 21.8 Å². The second kappa shape index (κ2) is 4.93. The van der Waals surface area contributed by atoms with E-state index in [1.807, 2.05) is 11.8 Å². The summed E-state index contributed by atoms with van der Waals surface area (Å²) in [5.41, 5.74) is 1.97. The molecule has 1 aliphatic carbocycles. The lowest BCUT2D eigenvalue weighted by Gasteiger charge is -2.33. The third kappa shape index (κ3) is 2.45. The molecule has 2 aliphatic rings. The number of hydrogen-bond donors (Lipinski definition) is 0. The van der Waals surface area contributed by atoms with E-state index in [0.29, 0.717) is 17.7 Å². The topological polar surface area (TPSA) is 20.3 Å². The van der Waals surface area contributed by atoms with Crippen LogP contribution in [0.4, 0.5) is 0 Å². The summed E-state index contributed by atoms with van der Waals surface area (Å²) in [6.45, 7) is 3.87. The molecule has 1 saturated heterocycles. The molecule has 2 nitrogen and oxygen atoms in total. The first kappa shape index (κ1) is 13.2. The van der Waals surface area contributed by atoms with E-state index in [0.717, 1.165) is 23.5 Å². The monoisotopic (exact) mass is 321 g/mol. The SMILES string of the molecule is CCC(=O)N1CCC2(CC1)CC2c1ccc(Br)cc1. The van der Waals surface area contributed by atoms with Crippen LogP contribution < -0.4 is 0 Å². The van der Waals surface area contributed by atoms with Gasteiger partial charge in [0, 0.05) is 24.0 Å². The lowest BCUT2D eigenvalue weighted by Crippen LogP contribution is -2.39. The molecule has 1 saturated carbocycles. The van der Waals surface area contributed by atoms with E-state index in [-0.39, 0.29) is 0 Å². The van der Waals surface area contributed by atoms with Crippen LogP contribution in [0, 0.1) is 5.41 Å². The van der Waals surface area contributed by atoms with Gasteiger partial charge in [-0.2, -0.15) is 0 Å². The second-order valence-electron chi connectivity index (χ2n) is 5.90. The molecule has 102 valence electrons. The molecule has 0 aromatic heterocycles. The van der Waals surface area contributed by atoms with Gasteiger partial charge in [0.05, 0.1) is 0 Å². The number of hydrogen-bond acceptors (Lipinski definition) is 1. The van der Waals surface area contributed by atoms with Crippen LogP contribution in [0.2, 0.25) is 0 Å². The van der Waals surface area contributed by atoms with E-state index in [9.17, 15) is 4.79 Å². The summed E-state index contributed by atoms with van der Waals surface area (Å²) in [6, 6.07) is 8.76. The Balaban J connectivity index is 1.63. The van der Waals surface area contributed by atoms with Gasteiger partial charge in [-0.3, -0.25) is 4.79 Å². The van der Waals surface area contributed by atoms with Gasteiger partial charge >= 0.3 is 0 Å². The zero-order valence-corrected chi connectivity index (χ0v) is 12.9. The summed E-state index contributed by atoms with van der Waals surface area (Å²) in [5.74, 6) is 1.04. The Morgan fingerprint density at radius 3 is 2.53 bits per heavy atom. The maximum atomic E-state index is 11.7. The minimum absolute atomic E-state index is 0.315. The van der Waals surface area contributed by atoms with Gasteiger partial charge in [-0.15, -0.1) is 0 Å². The van der Waals surface area contributed by atoms with Crippen LogP contribution in [0.15, 0.2) is 28.7 Å². The first-order chi connectivity index (χ1) is 9.14. The highest BCUT2D eigenvalue weighted by Gasteiger charge is 2.55. The van der Waals surface area contributed by atoms with Crippen LogP contribution in [0.1, 0.15) is 44.1 Å². The number of carbonyl (C=O) groups is 1. The summed E-state index contributed by atoms with van der Waals surface area (Å²) in [7, 11) is 0. The highest BCUT2D eigenvalue weighted by molar-refractivity contribution is 9.10. The standard InChI is InChI=1S/C16H20BrNO/c1-2-15(19)18-9-7-16(8-10-18)11-14(16)12-3-5-13(17)6-4-12/h3-6,14H,2,7-11H2,1H3. The van der Waals surface area contributed by atoms with Crippen molar-refractivity contribution in [3.05, 3.63) is 34.3 Å². The molecule has 0 bridgehead atoms. The fourth-order valence-electron chi connectivity index (χ4n) is 3.49. The average Bonchev–Trinajstić information content (AvgIpc) is 3.13. The lowest BCUT2D eigenvalue weighted by atomic mass is 9.88. The number of halogens is 1. The summed E-state index contributed by atoms with van der Waals surface area (Å²) in [4.78, 5) is 13.8. The molecule has 3 rings (SSSR count). The molecule has 1 aromatic rings. The van der Waals surface area contributed by atoms with E-state index in [1.54, 1.807) is 0 Å². The second-order valence-corrected chi connectivity index (χ2v) is 6.82. The molecule has 1 amide bonds. The predicted molar refractivity (Wildman–Crippen MR) is 80.0 cm³/mol. The van der Waals surface area contributed by atoms with Crippen LogP contribution in [-0.2, 0) is 4.79 Å². The Bertz CT molecular complexity index is 474. The van der Waals surface area contributed by atoms with Crippen molar-refractivity contribution < 1.29 is 4.79 Å². The van der Waals surface area contributed by atoms with Gasteiger partial charge in [-0.25, -0.2) is 0 Å². The van der Waals surface area contributed by atoms with Crippen LogP contribution in [0.5, 0.6) is 0 Å². The zero-order chi connectivity index (χ0) is 13.5. The van der Waals surface area contributed by atoms with E-state index in [2.05, 4.69) is 40.2 Å². The number of piperidine rings is 1. The Hall–Kier alpha value is -0.830. The smallest absolute Gasteiger partial charge is 0.222 e. The Labute approximate surface area is 123 Å². The fraction of sp³-hybridized carbons (Fsp3) is 0.562. The maximum Gasteiger partial charge on any atom is 0.222 e. The largest absolute Gasteiger partial charge is 0.343 e. The number of benzene rings is 1. The quantitative estimate of drug-likeness (QED) is 0.807. The van der Waals surface area contributed by atoms with Crippen molar-refractivity contribution in [2.24, 2.45) is 5.41 Å². The molecular formula is C16H20BrNO. The highest BCUT2D eigenvalue weighted by Crippen LogP contribution is 2.64. The average molecular weight is 322 g/mol. The maximum absolute atomic E-state index is 11.7. The summed E-state index contributed by atoms with van der Waals surface area (Å²) < 4.78 is 1.15.